The van der Waals surface area contributed by atoms with Crippen LogP contribution in [0.5, 0.6) is 0 Å². The Morgan fingerprint density at radius 2 is 1.79 bits per heavy atom. The summed E-state index contributed by atoms with van der Waals surface area (Å²) in [5.41, 5.74) is 1.09. The van der Waals surface area contributed by atoms with Crippen LogP contribution in [0.3, 0.4) is 0 Å². The lowest BCUT2D eigenvalue weighted by Crippen LogP contribution is -2.54. The zero-order chi connectivity index (χ0) is 16.9. The van der Waals surface area contributed by atoms with Crippen molar-refractivity contribution in [2.45, 2.75) is 38.3 Å². The molecule has 1 atom stereocenters. The molecule has 0 bridgehead atoms. The quantitative estimate of drug-likeness (QED) is 0.848. The Hall–Kier alpha value is -1.88. The Kier molecular flexibility index (Phi) is 5.51. The van der Waals surface area contributed by atoms with Gasteiger partial charge in [0.15, 0.2) is 0 Å². The van der Waals surface area contributed by atoms with E-state index in [4.69, 9.17) is 0 Å². The van der Waals surface area contributed by atoms with E-state index in [0.717, 1.165) is 51.0 Å². The van der Waals surface area contributed by atoms with Crippen LogP contribution in [0.2, 0.25) is 0 Å². The molecule has 130 valence electrons. The van der Waals surface area contributed by atoms with E-state index in [-0.39, 0.29) is 17.9 Å². The molecule has 1 aromatic rings. The van der Waals surface area contributed by atoms with E-state index in [1.165, 1.54) is 0 Å². The van der Waals surface area contributed by atoms with Gasteiger partial charge in [0.05, 0.1) is 0 Å². The fraction of sp³-hybridized carbons (Fsp3) is 0.579. The van der Waals surface area contributed by atoms with E-state index in [2.05, 4.69) is 11.9 Å². The van der Waals surface area contributed by atoms with Gasteiger partial charge in [0.2, 0.25) is 11.8 Å². The van der Waals surface area contributed by atoms with Crippen LogP contribution in [0.15, 0.2) is 30.3 Å². The van der Waals surface area contributed by atoms with E-state index in [1.54, 1.807) is 0 Å². The second kappa shape index (κ2) is 7.79. The molecule has 2 aliphatic rings. The van der Waals surface area contributed by atoms with Crippen LogP contribution >= 0.6 is 0 Å². The van der Waals surface area contributed by atoms with Gasteiger partial charge in [-0.3, -0.25) is 9.59 Å². The van der Waals surface area contributed by atoms with Crippen molar-refractivity contribution in [2.24, 2.45) is 0 Å². The van der Waals surface area contributed by atoms with Gasteiger partial charge in [-0.2, -0.15) is 0 Å². The van der Waals surface area contributed by atoms with Crippen molar-refractivity contribution in [1.29, 1.82) is 0 Å². The predicted octanol–water partition coefficient (Wildman–Crippen LogP) is 1.73. The number of likely N-dealkylation sites (tertiary alicyclic amines) is 1. The van der Waals surface area contributed by atoms with Crippen molar-refractivity contribution < 1.29 is 9.59 Å². The number of hydrogen-bond acceptors (Lipinski definition) is 3. The van der Waals surface area contributed by atoms with Crippen molar-refractivity contribution in [2.75, 3.05) is 33.2 Å². The van der Waals surface area contributed by atoms with E-state index in [1.807, 2.05) is 40.1 Å². The molecule has 5 nitrogen and oxygen atoms in total. The molecule has 2 heterocycles. The summed E-state index contributed by atoms with van der Waals surface area (Å²) in [6.45, 7) is 3.87. The Morgan fingerprint density at radius 1 is 1.08 bits per heavy atom. The third-order valence-electron chi connectivity index (χ3n) is 5.11. The van der Waals surface area contributed by atoms with Gasteiger partial charge in [-0.1, -0.05) is 36.8 Å². The average molecular weight is 329 g/mol. The topological polar surface area (TPSA) is 43.9 Å². The number of amides is 2. The summed E-state index contributed by atoms with van der Waals surface area (Å²) in [5.74, 6) is 0.248. The Bertz CT molecular complexity index is 567. The number of hydrogen-bond donors (Lipinski definition) is 0. The summed E-state index contributed by atoms with van der Waals surface area (Å²) < 4.78 is 0. The van der Waals surface area contributed by atoms with Gasteiger partial charge in [-0.05, 0) is 25.5 Å². The average Bonchev–Trinajstić information content (AvgIpc) is 2.78. The van der Waals surface area contributed by atoms with E-state index in [9.17, 15) is 9.59 Å². The number of piperazine rings is 1. The molecule has 1 aromatic carbocycles. The van der Waals surface area contributed by atoms with Gasteiger partial charge in [0.25, 0.3) is 0 Å². The zero-order valence-corrected chi connectivity index (χ0v) is 14.5. The summed E-state index contributed by atoms with van der Waals surface area (Å²) in [4.78, 5) is 31.7. The van der Waals surface area contributed by atoms with Crippen LogP contribution in [0.4, 0.5) is 0 Å². The van der Waals surface area contributed by atoms with Gasteiger partial charge in [0.1, 0.15) is 6.04 Å². The lowest BCUT2D eigenvalue weighted by molar-refractivity contribution is -0.147. The van der Waals surface area contributed by atoms with E-state index in [0.29, 0.717) is 13.0 Å². The maximum atomic E-state index is 13.1. The van der Waals surface area contributed by atoms with E-state index >= 15 is 0 Å². The Balaban J connectivity index is 1.76. The molecule has 0 radical (unpaired) electrons. The summed E-state index contributed by atoms with van der Waals surface area (Å²) in [6, 6.07) is 9.68. The monoisotopic (exact) mass is 329 g/mol. The van der Waals surface area contributed by atoms with Gasteiger partial charge < -0.3 is 14.7 Å². The second-order valence-corrected chi connectivity index (χ2v) is 6.90. The third-order valence-corrected chi connectivity index (χ3v) is 5.11. The molecular formula is C19H27N3O2. The lowest BCUT2D eigenvalue weighted by Gasteiger charge is -2.37. The first-order valence-corrected chi connectivity index (χ1v) is 8.96. The van der Waals surface area contributed by atoms with Crippen molar-refractivity contribution in [3.8, 4) is 0 Å². The second-order valence-electron chi connectivity index (χ2n) is 6.90. The number of rotatable bonds is 3. The molecule has 2 saturated heterocycles. The highest BCUT2D eigenvalue weighted by Crippen LogP contribution is 2.22. The van der Waals surface area contributed by atoms with Gasteiger partial charge >= 0.3 is 0 Å². The summed E-state index contributed by atoms with van der Waals surface area (Å²) in [5, 5.41) is 0. The van der Waals surface area contributed by atoms with Crippen molar-refractivity contribution in [3.63, 3.8) is 0 Å². The number of nitrogens with zero attached hydrogens (tertiary/aromatic N) is 3. The largest absolute Gasteiger partial charge is 0.338 e. The van der Waals surface area contributed by atoms with Crippen LogP contribution in [0.25, 0.3) is 0 Å². The summed E-state index contributed by atoms with van der Waals surface area (Å²) in [6.07, 6.45) is 3.17. The summed E-state index contributed by atoms with van der Waals surface area (Å²) >= 11 is 0. The van der Waals surface area contributed by atoms with Gasteiger partial charge in [-0.25, -0.2) is 0 Å². The van der Waals surface area contributed by atoms with Crippen LogP contribution < -0.4 is 0 Å². The SMILES string of the molecule is CN1CCN(C(=O)C2CCCCC(=O)N2Cc2ccccc2)CC1. The number of carbonyl (C=O) groups is 2. The number of benzene rings is 1. The Morgan fingerprint density at radius 3 is 2.50 bits per heavy atom. The van der Waals surface area contributed by atoms with E-state index < -0.39 is 0 Å². The molecule has 0 N–H and O–H groups in total. The first-order chi connectivity index (χ1) is 11.6. The highest BCUT2D eigenvalue weighted by Gasteiger charge is 2.34. The molecular weight excluding hydrogens is 302 g/mol. The molecule has 2 aliphatic heterocycles. The fourth-order valence-electron chi connectivity index (χ4n) is 3.56. The van der Waals surface area contributed by atoms with Gasteiger partial charge in [-0.15, -0.1) is 0 Å². The first-order valence-electron chi connectivity index (χ1n) is 8.96. The van der Waals surface area contributed by atoms with Crippen LogP contribution in [-0.4, -0.2) is 65.8 Å². The fourth-order valence-corrected chi connectivity index (χ4v) is 3.56. The normalized spacial score (nSPS) is 23.2. The zero-order valence-electron chi connectivity index (χ0n) is 14.5. The molecule has 1 unspecified atom stereocenters. The van der Waals surface area contributed by atoms with Crippen LogP contribution in [0.1, 0.15) is 31.2 Å². The molecule has 0 saturated carbocycles. The highest BCUT2D eigenvalue weighted by atomic mass is 16.2. The van der Waals surface area contributed by atoms with Crippen molar-refractivity contribution in [3.05, 3.63) is 35.9 Å². The molecule has 3 rings (SSSR count). The van der Waals surface area contributed by atoms with Crippen molar-refractivity contribution >= 4 is 11.8 Å². The molecule has 0 aliphatic carbocycles. The smallest absolute Gasteiger partial charge is 0.245 e. The minimum atomic E-state index is -0.302. The first kappa shape index (κ1) is 17.0. The minimum Gasteiger partial charge on any atom is -0.338 e. The minimum absolute atomic E-state index is 0.115. The standard InChI is InChI=1S/C19H27N3O2/c1-20-11-13-21(14-12-20)19(24)17-9-5-6-10-18(23)22(17)15-16-7-3-2-4-8-16/h2-4,7-8,17H,5-6,9-15H2,1H3. The molecule has 5 heteroatoms. The van der Waals surface area contributed by atoms with Crippen LogP contribution in [-0.2, 0) is 16.1 Å². The molecule has 2 fully saturated rings. The maximum Gasteiger partial charge on any atom is 0.245 e. The molecule has 0 aromatic heterocycles. The number of carbonyl (C=O) groups excluding carboxylic acids is 2. The highest BCUT2D eigenvalue weighted by molar-refractivity contribution is 5.88. The predicted molar refractivity (Wildman–Crippen MR) is 93.3 cm³/mol. The van der Waals surface area contributed by atoms with Crippen LogP contribution in [0, 0.1) is 0 Å². The number of likely N-dealkylation sites (N-methyl/N-ethyl adjacent to an activating group) is 1. The molecule has 0 spiro atoms. The third kappa shape index (κ3) is 3.96. The van der Waals surface area contributed by atoms with Gasteiger partial charge in [0, 0.05) is 39.1 Å². The molecule has 2 amide bonds. The maximum absolute atomic E-state index is 13.1. The lowest BCUT2D eigenvalue weighted by atomic mass is 10.1. The van der Waals surface area contributed by atoms with Crippen molar-refractivity contribution in [1.82, 2.24) is 14.7 Å². The molecule has 24 heavy (non-hydrogen) atoms. The Labute approximate surface area is 144 Å². The summed E-state index contributed by atoms with van der Waals surface area (Å²) in [7, 11) is 2.08.